The molecule has 0 saturated carbocycles. The van der Waals surface area contributed by atoms with Crippen molar-refractivity contribution >= 4 is 11.9 Å². The van der Waals surface area contributed by atoms with Crippen LogP contribution in [0.25, 0.3) is 0 Å². The zero-order valence-electron chi connectivity index (χ0n) is 13.4. The molecule has 1 aromatic rings. The minimum Gasteiger partial charge on any atom is -0.482 e. The van der Waals surface area contributed by atoms with Crippen LogP contribution in [0.3, 0.4) is 0 Å². The summed E-state index contributed by atoms with van der Waals surface area (Å²) in [7, 11) is 0. The lowest BCUT2D eigenvalue weighted by Crippen LogP contribution is -2.33. The van der Waals surface area contributed by atoms with E-state index in [1.54, 1.807) is 24.3 Å². The van der Waals surface area contributed by atoms with Gasteiger partial charge in [0.05, 0.1) is 0 Å². The highest BCUT2D eigenvalue weighted by Crippen LogP contribution is 2.16. The maximum Gasteiger partial charge on any atom is 0.341 e. The van der Waals surface area contributed by atoms with Crippen LogP contribution in [0, 0.1) is 0 Å². The smallest absolute Gasteiger partial charge is 0.341 e. The van der Waals surface area contributed by atoms with Gasteiger partial charge in [-0.15, -0.1) is 0 Å². The highest BCUT2D eigenvalue weighted by atomic mass is 16.5. The van der Waals surface area contributed by atoms with Crippen molar-refractivity contribution in [3.05, 3.63) is 29.8 Å². The number of carbonyl (C=O) groups is 2. The van der Waals surface area contributed by atoms with E-state index in [0.717, 1.165) is 38.8 Å². The summed E-state index contributed by atoms with van der Waals surface area (Å²) in [6, 6.07) is 6.71. The lowest BCUT2D eigenvalue weighted by Gasteiger charge is -2.22. The largest absolute Gasteiger partial charge is 0.482 e. The van der Waals surface area contributed by atoms with Crippen LogP contribution in [0.5, 0.6) is 5.75 Å². The van der Waals surface area contributed by atoms with E-state index in [9.17, 15) is 9.59 Å². The third kappa shape index (κ3) is 6.16. The summed E-state index contributed by atoms with van der Waals surface area (Å²) >= 11 is 0. The maximum atomic E-state index is 12.6. The fourth-order valence-corrected chi connectivity index (χ4v) is 2.06. The molecular weight excluding hydrogens is 282 g/mol. The molecule has 0 spiro atoms. The Kier molecular flexibility index (Phi) is 8.04. The molecule has 0 heterocycles. The van der Waals surface area contributed by atoms with Crippen molar-refractivity contribution in [1.82, 2.24) is 4.90 Å². The predicted octanol–water partition coefficient (Wildman–Crippen LogP) is 3.19. The van der Waals surface area contributed by atoms with Crippen LogP contribution >= 0.6 is 0 Å². The summed E-state index contributed by atoms with van der Waals surface area (Å²) in [5, 5.41) is 8.64. The number of carbonyl (C=O) groups excluding carboxylic acids is 1. The Morgan fingerprint density at radius 2 is 1.77 bits per heavy atom. The Morgan fingerprint density at radius 3 is 2.32 bits per heavy atom. The van der Waals surface area contributed by atoms with E-state index < -0.39 is 12.6 Å². The standard InChI is InChI=1S/C17H25NO4/c1-3-5-10-18(11-6-4-2)17(21)14-8-7-9-15(12-14)22-13-16(19)20/h7-9,12H,3-6,10-11,13H2,1-2H3,(H,19,20). The Balaban J connectivity index is 2.78. The van der Waals surface area contributed by atoms with Crippen LogP contribution in [0.1, 0.15) is 49.9 Å². The monoisotopic (exact) mass is 307 g/mol. The van der Waals surface area contributed by atoms with Crippen LogP contribution in [-0.2, 0) is 4.79 Å². The molecule has 1 rings (SSSR count). The van der Waals surface area contributed by atoms with E-state index >= 15 is 0 Å². The van der Waals surface area contributed by atoms with E-state index in [0.29, 0.717) is 11.3 Å². The number of ether oxygens (including phenoxy) is 1. The molecule has 1 aromatic carbocycles. The average Bonchev–Trinajstić information content (AvgIpc) is 2.53. The molecule has 0 unspecified atom stereocenters. The van der Waals surface area contributed by atoms with E-state index in [2.05, 4.69) is 13.8 Å². The first-order valence-corrected chi connectivity index (χ1v) is 7.82. The van der Waals surface area contributed by atoms with E-state index in [-0.39, 0.29) is 5.91 Å². The minimum absolute atomic E-state index is 0.0253. The fraction of sp³-hybridized carbons (Fsp3) is 0.529. The maximum absolute atomic E-state index is 12.6. The zero-order valence-corrected chi connectivity index (χ0v) is 13.4. The van der Waals surface area contributed by atoms with Crippen LogP contribution in [0.4, 0.5) is 0 Å². The van der Waals surface area contributed by atoms with Gasteiger partial charge in [-0.1, -0.05) is 32.8 Å². The van der Waals surface area contributed by atoms with Crippen LogP contribution < -0.4 is 4.74 Å². The Morgan fingerprint density at radius 1 is 1.14 bits per heavy atom. The number of amides is 1. The zero-order chi connectivity index (χ0) is 16.4. The van der Waals surface area contributed by atoms with Crippen molar-refractivity contribution in [3.8, 4) is 5.75 Å². The van der Waals surface area contributed by atoms with Gasteiger partial charge in [0.1, 0.15) is 5.75 Å². The molecule has 0 aliphatic heterocycles. The number of nitrogens with zero attached hydrogens (tertiary/aromatic N) is 1. The summed E-state index contributed by atoms with van der Waals surface area (Å²) < 4.78 is 5.13. The van der Waals surface area contributed by atoms with Gasteiger partial charge >= 0.3 is 5.97 Å². The second-order valence-corrected chi connectivity index (χ2v) is 5.21. The van der Waals surface area contributed by atoms with Gasteiger partial charge in [-0.3, -0.25) is 4.79 Å². The molecule has 0 aliphatic carbocycles. The van der Waals surface area contributed by atoms with E-state index in [1.165, 1.54) is 0 Å². The van der Waals surface area contributed by atoms with Gasteiger partial charge in [0, 0.05) is 18.7 Å². The molecule has 1 amide bonds. The second kappa shape index (κ2) is 9.82. The number of carboxylic acids is 1. The second-order valence-electron chi connectivity index (χ2n) is 5.21. The van der Waals surface area contributed by atoms with Crippen molar-refractivity contribution in [2.24, 2.45) is 0 Å². The van der Waals surface area contributed by atoms with Crippen LogP contribution in [0.15, 0.2) is 24.3 Å². The highest BCUT2D eigenvalue weighted by Gasteiger charge is 2.15. The Hall–Kier alpha value is -2.04. The lowest BCUT2D eigenvalue weighted by molar-refractivity contribution is -0.139. The van der Waals surface area contributed by atoms with Crippen molar-refractivity contribution in [1.29, 1.82) is 0 Å². The van der Waals surface area contributed by atoms with Crippen molar-refractivity contribution in [2.45, 2.75) is 39.5 Å². The Bertz CT molecular complexity index is 479. The van der Waals surface area contributed by atoms with Crippen LogP contribution in [0.2, 0.25) is 0 Å². The van der Waals surface area contributed by atoms with Gasteiger partial charge in [0.15, 0.2) is 6.61 Å². The molecule has 122 valence electrons. The number of benzene rings is 1. The fourth-order valence-electron chi connectivity index (χ4n) is 2.06. The number of hydrogen-bond donors (Lipinski definition) is 1. The Labute approximate surface area is 131 Å². The topological polar surface area (TPSA) is 66.8 Å². The number of carboxylic acid groups (broad SMARTS) is 1. The SMILES string of the molecule is CCCCN(CCCC)C(=O)c1cccc(OCC(=O)O)c1. The molecule has 0 aromatic heterocycles. The third-order valence-corrected chi connectivity index (χ3v) is 3.29. The van der Waals surface area contributed by atoms with Crippen molar-refractivity contribution in [3.63, 3.8) is 0 Å². The lowest BCUT2D eigenvalue weighted by atomic mass is 10.1. The normalized spacial score (nSPS) is 10.3. The van der Waals surface area contributed by atoms with Gasteiger partial charge in [-0.25, -0.2) is 4.79 Å². The summed E-state index contributed by atoms with van der Waals surface area (Å²) in [4.78, 5) is 25.0. The molecule has 0 bridgehead atoms. The number of hydrogen-bond acceptors (Lipinski definition) is 3. The van der Waals surface area contributed by atoms with E-state index in [4.69, 9.17) is 9.84 Å². The van der Waals surface area contributed by atoms with Crippen molar-refractivity contribution < 1.29 is 19.4 Å². The molecule has 0 fully saturated rings. The number of rotatable bonds is 10. The average molecular weight is 307 g/mol. The quantitative estimate of drug-likeness (QED) is 0.721. The summed E-state index contributed by atoms with van der Waals surface area (Å²) in [6.45, 7) is 5.28. The molecule has 0 saturated heterocycles. The first-order valence-electron chi connectivity index (χ1n) is 7.82. The summed E-state index contributed by atoms with van der Waals surface area (Å²) in [5.74, 6) is -0.661. The van der Waals surface area contributed by atoms with Crippen molar-refractivity contribution in [2.75, 3.05) is 19.7 Å². The molecule has 5 heteroatoms. The van der Waals surface area contributed by atoms with E-state index in [1.807, 2.05) is 4.90 Å². The first-order chi connectivity index (χ1) is 10.6. The van der Waals surface area contributed by atoms with Gasteiger partial charge in [0.25, 0.3) is 5.91 Å². The predicted molar refractivity (Wildman–Crippen MR) is 85.3 cm³/mol. The first kappa shape index (κ1) is 18.0. The van der Waals surface area contributed by atoms with Gasteiger partial charge < -0.3 is 14.7 Å². The minimum atomic E-state index is -1.04. The molecule has 0 aliphatic rings. The van der Waals surface area contributed by atoms with Gasteiger partial charge in [-0.05, 0) is 31.0 Å². The van der Waals surface area contributed by atoms with Gasteiger partial charge in [-0.2, -0.15) is 0 Å². The highest BCUT2D eigenvalue weighted by molar-refractivity contribution is 5.94. The molecule has 0 atom stereocenters. The molecule has 22 heavy (non-hydrogen) atoms. The van der Waals surface area contributed by atoms with Crippen LogP contribution in [-0.4, -0.2) is 41.6 Å². The molecule has 5 nitrogen and oxygen atoms in total. The third-order valence-electron chi connectivity index (χ3n) is 3.29. The molecule has 1 N–H and O–H groups in total. The number of unbranched alkanes of at least 4 members (excludes halogenated alkanes) is 2. The molecule has 0 radical (unpaired) electrons. The molecular formula is C17H25NO4. The van der Waals surface area contributed by atoms with Gasteiger partial charge in [0.2, 0.25) is 0 Å². The summed E-state index contributed by atoms with van der Waals surface area (Å²) in [5.41, 5.74) is 0.537. The number of aliphatic carboxylic acids is 1. The summed E-state index contributed by atoms with van der Waals surface area (Å²) in [6.07, 6.45) is 4.03.